The molecule has 2 aromatic carbocycles. The van der Waals surface area contributed by atoms with Crippen LogP contribution in [0.4, 0.5) is 11.4 Å². The summed E-state index contributed by atoms with van der Waals surface area (Å²) >= 11 is 0. The first-order chi connectivity index (χ1) is 14.1. The fourth-order valence-corrected chi connectivity index (χ4v) is 5.06. The van der Waals surface area contributed by atoms with Crippen molar-refractivity contribution in [1.82, 2.24) is 0 Å². The SMILES string of the molecule is CCc1ccccc1NC(=O)c1ccc(N2C(=O)[C@H]3[C@H](C2=O)[C@H]2C=C[C@H]3C2)cc1. The van der Waals surface area contributed by atoms with Crippen LogP contribution in [0.1, 0.15) is 29.3 Å². The molecule has 2 aliphatic carbocycles. The fourth-order valence-electron chi connectivity index (χ4n) is 5.06. The summed E-state index contributed by atoms with van der Waals surface area (Å²) in [5, 5.41) is 2.94. The van der Waals surface area contributed by atoms with Crippen molar-refractivity contribution in [2.75, 3.05) is 10.2 Å². The summed E-state index contributed by atoms with van der Waals surface area (Å²) in [5.41, 5.74) is 2.89. The Labute approximate surface area is 169 Å². The summed E-state index contributed by atoms with van der Waals surface area (Å²) < 4.78 is 0. The van der Waals surface area contributed by atoms with Crippen LogP contribution in [0.15, 0.2) is 60.7 Å². The van der Waals surface area contributed by atoms with Crippen LogP contribution in [0, 0.1) is 23.7 Å². The molecule has 5 heteroatoms. The van der Waals surface area contributed by atoms with E-state index in [1.165, 1.54) is 4.90 Å². The van der Waals surface area contributed by atoms with Crippen LogP contribution in [0.3, 0.4) is 0 Å². The monoisotopic (exact) mass is 386 g/mol. The first-order valence-electron chi connectivity index (χ1n) is 10.1. The number of carbonyl (C=O) groups is 3. The quantitative estimate of drug-likeness (QED) is 0.642. The standard InChI is InChI=1S/C24H22N2O3/c1-2-14-5-3-4-6-19(14)25-22(27)15-9-11-18(12-10-15)26-23(28)20-16-7-8-17(13-16)21(20)24(26)29/h3-12,16-17,20-21H,2,13H2,1H3,(H,25,27)/t16-,17-,20+,21+/m0/s1. The molecule has 1 N–H and O–H groups in total. The van der Waals surface area contributed by atoms with Gasteiger partial charge in [-0.3, -0.25) is 19.3 Å². The van der Waals surface area contributed by atoms with Gasteiger partial charge in [-0.2, -0.15) is 0 Å². The number of nitrogens with zero attached hydrogens (tertiary/aromatic N) is 1. The molecular formula is C24H22N2O3. The smallest absolute Gasteiger partial charge is 0.255 e. The molecule has 3 amide bonds. The van der Waals surface area contributed by atoms with E-state index in [9.17, 15) is 14.4 Å². The Morgan fingerprint density at radius 3 is 2.21 bits per heavy atom. The van der Waals surface area contributed by atoms with Gasteiger partial charge in [0.15, 0.2) is 0 Å². The second-order valence-electron chi connectivity index (χ2n) is 8.02. The number of carbonyl (C=O) groups excluding carboxylic acids is 3. The molecule has 2 bridgehead atoms. The summed E-state index contributed by atoms with van der Waals surface area (Å²) in [4.78, 5) is 39.8. The second kappa shape index (κ2) is 6.69. The van der Waals surface area contributed by atoms with E-state index in [4.69, 9.17) is 0 Å². The highest BCUT2D eigenvalue weighted by Crippen LogP contribution is 2.53. The zero-order valence-corrected chi connectivity index (χ0v) is 16.2. The van der Waals surface area contributed by atoms with Gasteiger partial charge in [-0.05, 0) is 60.6 Å². The molecular weight excluding hydrogens is 364 g/mol. The first-order valence-corrected chi connectivity index (χ1v) is 10.1. The molecule has 0 aromatic heterocycles. The number of aryl methyl sites for hydroxylation is 1. The third-order valence-corrected chi connectivity index (χ3v) is 6.50. The van der Waals surface area contributed by atoms with E-state index in [2.05, 4.69) is 17.5 Å². The van der Waals surface area contributed by atoms with Crippen LogP contribution in [0.5, 0.6) is 0 Å². The first kappa shape index (κ1) is 17.9. The molecule has 0 radical (unpaired) electrons. The lowest BCUT2D eigenvalue weighted by molar-refractivity contribution is -0.123. The van der Waals surface area contributed by atoms with Gasteiger partial charge in [-0.15, -0.1) is 0 Å². The Balaban J connectivity index is 1.35. The molecule has 5 nitrogen and oxygen atoms in total. The number of anilines is 2. The molecule has 3 aliphatic rings. The third kappa shape index (κ3) is 2.72. The molecule has 146 valence electrons. The van der Waals surface area contributed by atoms with Gasteiger partial charge in [-0.25, -0.2) is 0 Å². The van der Waals surface area contributed by atoms with Crippen molar-refractivity contribution in [1.29, 1.82) is 0 Å². The predicted molar refractivity (Wildman–Crippen MR) is 110 cm³/mol. The average molecular weight is 386 g/mol. The summed E-state index contributed by atoms with van der Waals surface area (Å²) in [6.07, 6.45) is 5.91. The Morgan fingerprint density at radius 1 is 0.966 bits per heavy atom. The molecule has 1 saturated heterocycles. The number of amides is 3. The van der Waals surface area contributed by atoms with E-state index in [0.29, 0.717) is 11.3 Å². The number of hydrogen-bond acceptors (Lipinski definition) is 3. The largest absolute Gasteiger partial charge is 0.322 e. The van der Waals surface area contributed by atoms with Gasteiger partial charge in [0, 0.05) is 11.3 Å². The number of para-hydroxylation sites is 1. The van der Waals surface area contributed by atoms with Crippen molar-refractivity contribution >= 4 is 29.1 Å². The summed E-state index contributed by atoms with van der Waals surface area (Å²) in [6.45, 7) is 2.04. The van der Waals surface area contributed by atoms with Gasteiger partial charge in [0.25, 0.3) is 5.91 Å². The summed E-state index contributed by atoms with van der Waals surface area (Å²) in [5.74, 6) is -0.477. The minimum absolute atomic E-state index is 0.106. The maximum absolute atomic E-state index is 12.9. The molecule has 4 atom stereocenters. The van der Waals surface area contributed by atoms with Crippen LogP contribution < -0.4 is 10.2 Å². The van der Waals surface area contributed by atoms with Crippen LogP contribution >= 0.6 is 0 Å². The normalized spacial score (nSPS) is 26.9. The molecule has 0 spiro atoms. The minimum Gasteiger partial charge on any atom is -0.322 e. The van der Waals surface area contributed by atoms with Crippen molar-refractivity contribution in [2.45, 2.75) is 19.8 Å². The molecule has 5 rings (SSSR count). The Morgan fingerprint density at radius 2 is 1.59 bits per heavy atom. The van der Waals surface area contributed by atoms with Gasteiger partial charge in [0.2, 0.25) is 11.8 Å². The van der Waals surface area contributed by atoms with Crippen molar-refractivity contribution in [3.8, 4) is 0 Å². The van der Waals surface area contributed by atoms with Crippen LogP contribution in [-0.4, -0.2) is 17.7 Å². The summed E-state index contributed by atoms with van der Waals surface area (Å²) in [6, 6.07) is 14.4. The van der Waals surface area contributed by atoms with E-state index in [1.807, 2.05) is 31.2 Å². The molecule has 1 heterocycles. The van der Waals surface area contributed by atoms with Crippen LogP contribution in [0.2, 0.25) is 0 Å². The highest BCUT2D eigenvalue weighted by molar-refractivity contribution is 6.23. The topological polar surface area (TPSA) is 66.5 Å². The lowest BCUT2D eigenvalue weighted by Gasteiger charge is -2.17. The molecule has 0 unspecified atom stereocenters. The van der Waals surface area contributed by atoms with E-state index >= 15 is 0 Å². The second-order valence-corrected chi connectivity index (χ2v) is 8.02. The van der Waals surface area contributed by atoms with Crippen molar-refractivity contribution in [3.63, 3.8) is 0 Å². The van der Waals surface area contributed by atoms with Crippen molar-refractivity contribution in [3.05, 3.63) is 71.8 Å². The fraction of sp³-hybridized carbons (Fsp3) is 0.292. The van der Waals surface area contributed by atoms with E-state index in [-0.39, 0.29) is 41.4 Å². The molecule has 2 fully saturated rings. The molecule has 2 aromatic rings. The number of hydrogen-bond donors (Lipinski definition) is 1. The maximum atomic E-state index is 12.9. The number of fused-ring (bicyclic) bond motifs is 5. The third-order valence-electron chi connectivity index (χ3n) is 6.50. The van der Waals surface area contributed by atoms with Gasteiger partial charge >= 0.3 is 0 Å². The van der Waals surface area contributed by atoms with Gasteiger partial charge in [-0.1, -0.05) is 37.3 Å². The van der Waals surface area contributed by atoms with Gasteiger partial charge < -0.3 is 5.32 Å². The Kier molecular flexibility index (Phi) is 4.12. The lowest BCUT2D eigenvalue weighted by Crippen LogP contribution is -2.32. The molecule has 1 aliphatic heterocycles. The minimum atomic E-state index is -0.217. The number of allylic oxidation sites excluding steroid dienone is 2. The van der Waals surface area contributed by atoms with Gasteiger partial charge in [0.05, 0.1) is 17.5 Å². The van der Waals surface area contributed by atoms with Gasteiger partial charge in [0.1, 0.15) is 0 Å². The van der Waals surface area contributed by atoms with E-state index < -0.39 is 0 Å². The highest BCUT2D eigenvalue weighted by Gasteiger charge is 2.59. The van der Waals surface area contributed by atoms with Crippen LogP contribution in [-0.2, 0) is 16.0 Å². The van der Waals surface area contributed by atoms with E-state index in [0.717, 1.165) is 24.1 Å². The highest BCUT2D eigenvalue weighted by atomic mass is 16.2. The van der Waals surface area contributed by atoms with E-state index in [1.54, 1.807) is 24.3 Å². The number of rotatable bonds is 4. The molecule has 29 heavy (non-hydrogen) atoms. The van der Waals surface area contributed by atoms with Crippen LogP contribution in [0.25, 0.3) is 0 Å². The zero-order valence-electron chi connectivity index (χ0n) is 16.2. The average Bonchev–Trinajstić information content (AvgIpc) is 3.42. The number of imide groups is 1. The van der Waals surface area contributed by atoms with Crippen molar-refractivity contribution in [2.24, 2.45) is 23.7 Å². The Hall–Kier alpha value is -3.21. The molecule has 1 saturated carbocycles. The van der Waals surface area contributed by atoms with Crippen molar-refractivity contribution < 1.29 is 14.4 Å². The maximum Gasteiger partial charge on any atom is 0.255 e. The predicted octanol–water partition coefficient (Wildman–Crippen LogP) is 3.81. The number of benzene rings is 2. The summed E-state index contributed by atoms with van der Waals surface area (Å²) in [7, 11) is 0. The Bertz CT molecular complexity index is 1010. The lowest BCUT2D eigenvalue weighted by atomic mass is 9.85. The zero-order chi connectivity index (χ0) is 20.1. The number of nitrogens with one attached hydrogen (secondary N) is 1.